The Balaban J connectivity index is 1.60. The van der Waals surface area contributed by atoms with E-state index in [4.69, 9.17) is 23.2 Å². The maximum Gasteiger partial charge on any atom is 0.228 e. The Bertz CT molecular complexity index is 926. The second kappa shape index (κ2) is 8.61. The highest BCUT2D eigenvalue weighted by atomic mass is 35.5. The smallest absolute Gasteiger partial charge is 0.228 e. The van der Waals surface area contributed by atoms with E-state index in [9.17, 15) is 4.79 Å². The molecule has 0 fully saturated rings. The quantitative estimate of drug-likeness (QED) is 0.496. The lowest BCUT2D eigenvalue weighted by Gasteiger charge is -2.07. The van der Waals surface area contributed by atoms with Crippen LogP contribution in [0.4, 0.5) is 17.1 Å². The summed E-state index contributed by atoms with van der Waals surface area (Å²) >= 11 is 12.0. The molecule has 3 aromatic carbocycles. The van der Waals surface area contributed by atoms with Gasteiger partial charge in [0.05, 0.1) is 17.8 Å². The molecule has 0 aromatic heterocycles. The fourth-order valence-electron chi connectivity index (χ4n) is 2.26. The van der Waals surface area contributed by atoms with Gasteiger partial charge in [-0.05, 0) is 54.1 Å². The third kappa shape index (κ3) is 5.15. The minimum absolute atomic E-state index is 0.159. The first-order valence-corrected chi connectivity index (χ1v) is 8.66. The van der Waals surface area contributed by atoms with Gasteiger partial charge >= 0.3 is 0 Å². The minimum atomic E-state index is -0.159. The topological polar surface area (TPSA) is 53.8 Å². The van der Waals surface area contributed by atoms with Crippen molar-refractivity contribution in [1.29, 1.82) is 0 Å². The zero-order valence-electron chi connectivity index (χ0n) is 13.7. The van der Waals surface area contributed by atoms with Crippen LogP contribution in [-0.2, 0) is 11.2 Å². The molecule has 3 aromatic rings. The Morgan fingerprint density at radius 1 is 0.846 bits per heavy atom. The number of azo groups is 1. The van der Waals surface area contributed by atoms with E-state index >= 15 is 0 Å². The molecule has 0 aliphatic rings. The van der Waals surface area contributed by atoms with E-state index in [2.05, 4.69) is 15.5 Å². The fourth-order valence-corrected chi connectivity index (χ4v) is 2.74. The monoisotopic (exact) mass is 383 g/mol. The summed E-state index contributed by atoms with van der Waals surface area (Å²) in [4.78, 5) is 12.2. The van der Waals surface area contributed by atoms with Gasteiger partial charge in [0, 0.05) is 15.7 Å². The zero-order valence-corrected chi connectivity index (χ0v) is 15.2. The van der Waals surface area contributed by atoms with Crippen molar-refractivity contribution in [2.45, 2.75) is 6.42 Å². The van der Waals surface area contributed by atoms with Crippen LogP contribution >= 0.6 is 23.2 Å². The Kier molecular flexibility index (Phi) is 6.00. The van der Waals surface area contributed by atoms with Crippen molar-refractivity contribution in [2.24, 2.45) is 10.2 Å². The molecular formula is C20H15Cl2N3O. The van der Waals surface area contributed by atoms with Crippen LogP contribution in [0.1, 0.15) is 5.56 Å². The molecule has 0 aliphatic carbocycles. The van der Waals surface area contributed by atoms with Gasteiger partial charge in [0.2, 0.25) is 5.91 Å². The molecule has 0 radical (unpaired) electrons. The van der Waals surface area contributed by atoms with E-state index in [-0.39, 0.29) is 12.3 Å². The van der Waals surface area contributed by atoms with Crippen molar-refractivity contribution >= 4 is 46.2 Å². The van der Waals surface area contributed by atoms with Crippen LogP contribution < -0.4 is 5.32 Å². The lowest BCUT2D eigenvalue weighted by Crippen LogP contribution is -2.14. The number of amides is 1. The van der Waals surface area contributed by atoms with Crippen molar-refractivity contribution in [3.63, 3.8) is 0 Å². The Morgan fingerprint density at radius 3 is 2.15 bits per heavy atom. The molecule has 26 heavy (non-hydrogen) atoms. The molecule has 0 aliphatic heterocycles. The Labute approximate surface area is 161 Å². The first-order valence-electron chi connectivity index (χ1n) is 7.91. The van der Waals surface area contributed by atoms with Crippen LogP contribution in [0.2, 0.25) is 10.0 Å². The predicted octanol–water partition coefficient (Wildman–Crippen LogP) is 6.59. The van der Waals surface area contributed by atoms with Gasteiger partial charge in [0.1, 0.15) is 0 Å². The first kappa shape index (κ1) is 18.1. The summed E-state index contributed by atoms with van der Waals surface area (Å²) in [6.45, 7) is 0. The van der Waals surface area contributed by atoms with Crippen LogP contribution in [0, 0.1) is 0 Å². The summed E-state index contributed by atoms with van der Waals surface area (Å²) in [6.07, 6.45) is 0.172. The van der Waals surface area contributed by atoms with E-state index < -0.39 is 0 Å². The van der Waals surface area contributed by atoms with Gasteiger partial charge in [0.15, 0.2) is 0 Å². The maximum absolute atomic E-state index is 12.2. The van der Waals surface area contributed by atoms with Gasteiger partial charge in [-0.1, -0.05) is 47.5 Å². The molecule has 0 saturated heterocycles. The molecule has 0 atom stereocenters. The lowest BCUT2D eigenvalue weighted by molar-refractivity contribution is -0.115. The summed E-state index contributed by atoms with van der Waals surface area (Å²) in [6, 6.07) is 21.7. The summed E-state index contributed by atoms with van der Waals surface area (Å²) in [5, 5.41) is 12.2. The summed E-state index contributed by atoms with van der Waals surface area (Å²) in [7, 11) is 0. The summed E-state index contributed by atoms with van der Waals surface area (Å²) < 4.78 is 0. The van der Waals surface area contributed by atoms with Crippen molar-refractivity contribution < 1.29 is 4.79 Å². The number of carbonyl (C=O) groups excluding carboxylic acids is 1. The fraction of sp³-hybridized carbons (Fsp3) is 0.0500. The first-order chi connectivity index (χ1) is 12.6. The van der Waals surface area contributed by atoms with Crippen molar-refractivity contribution in [2.75, 3.05) is 5.32 Å². The van der Waals surface area contributed by atoms with Crippen molar-refractivity contribution in [1.82, 2.24) is 0 Å². The van der Waals surface area contributed by atoms with Crippen LogP contribution in [-0.4, -0.2) is 5.91 Å². The Hall–Kier alpha value is -2.69. The second-order valence-electron chi connectivity index (χ2n) is 5.54. The predicted molar refractivity (Wildman–Crippen MR) is 106 cm³/mol. The van der Waals surface area contributed by atoms with E-state index in [0.29, 0.717) is 21.4 Å². The van der Waals surface area contributed by atoms with Gasteiger partial charge < -0.3 is 5.32 Å². The number of hydrogen-bond donors (Lipinski definition) is 1. The Morgan fingerprint density at radius 2 is 1.50 bits per heavy atom. The van der Waals surface area contributed by atoms with Crippen LogP contribution in [0.15, 0.2) is 83.0 Å². The molecular weight excluding hydrogens is 369 g/mol. The van der Waals surface area contributed by atoms with E-state index in [1.807, 2.05) is 30.3 Å². The highest BCUT2D eigenvalue weighted by Gasteiger charge is 2.08. The van der Waals surface area contributed by atoms with E-state index in [1.54, 1.807) is 42.5 Å². The normalized spacial score (nSPS) is 10.8. The number of anilines is 1. The molecule has 3 rings (SSSR count). The van der Waals surface area contributed by atoms with Crippen LogP contribution in [0.25, 0.3) is 0 Å². The minimum Gasteiger partial charge on any atom is -0.326 e. The number of nitrogens with zero attached hydrogens (tertiary/aromatic N) is 2. The SMILES string of the molecule is O=C(Cc1ccc(Cl)cc1Cl)Nc1ccc(N=Nc2ccccc2)cc1. The van der Waals surface area contributed by atoms with E-state index in [0.717, 1.165) is 11.3 Å². The molecule has 1 amide bonds. The number of benzene rings is 3. The molecule has 1 N–H and O–H groups in total. The average Bonchev–Trinajstić information content (AvgIpc) is 2.64. The number of halogens is 2. The molecule has 0 bridgehead atoms. The number of rotatable bonds is 5. The molecule has 6 heteroatoms. The van der Waals surface area contributed by atoms with Gasteiger partial charge in [-0.15, -0.1) is 0 Å². The average molecular weight is 384 g/mol. The number of carbonyl (C=O) groups is 1. The molecule has 4 nitrogen and oxygen atoms in total. The summed E-state index contributed by atoms with van der Waals surface area (Å²) in [5.74, 6) is -0.159. The molecule has 0 saturated carbocycles. The van der Waals surface area contributed by atoms with Crippen molar-refractivity contribution in [3.05, 3.63) is 88.4 Å². The van der Waals surface area contributed by atoms with Crippen LogP contribution in [0.3, 0.4) is 0 Å². The zero-order chi connectivity index (χ0) is 18.4. The third-order valence-corrected chi connectivity index (χ3v) is 4.14. The third-order valence-electron chi connectivity index (χ3n) is 3.55. The maximum atomic E-state index is 12.2. The lowest BCUT2D eigenvalue weighted by atomic mass is 10.1. The van der Waals surface area contributed by atoms with Gasteiger partial charge in [-0.2, -0.15) is 10.2 Å². The van der Waals surface area contributed by atoms with E-state index in [1.165, 1.54) is 0 Å². The van der Waals surface area contributed by atoms with Crippen LogP contribution in [0.5, 0.6) is 0 Å². The summed E-state index contributed by atoms with van der Waals surface area (Å²) in [5.41, 5.74) is 2.89. The van der Waals surface area contributed by atoms with Gasteiger partial charge in [-0.3, -0.25) is 4.79 Å². The highest BCUT2D eigenvalue weighted by molar-refractivity contribution is 6.35. The highest BCUT2D eigenvalue weighted by Crippen LogP contribution is 2.23. The van der Waals surface area contributed by atoms with Gasteiger partial charge in [-0.25, -0.2) is 0 Å². The molecule has 0 unspecified atom stereocenters. The molecule has 0 spiro atoms. The second-order valence-corrected chi connectivity index (χ2v) is 6.39. The van der Waals surface area contributed by atoms with Crippen molar-refractivity contribution in [3.8, 4) is 0 Å². The number of hydrogen-bond acceptors (Lipinski definition) is 3. The number of nitrogens with one attached hydrogen (secondary N) is 1. The molecule has 0 heterocycles. The standard InChI is InChI=1S/C20H15Cl2N3O/c21-15-7-6-14(19(22)13-15)12-20(26)23-16-8-10-18(11-9-16)25-24-17-4-2-1-3-5-17/h1-11,13H,12H2,(H,23,26). The van der Waals surface area contributed by atoms with Gasteiger partial charge in [0.25, 0.3) is 0 Å². The largest absolute Gasteiger partial charge is 0.326 e. The molecule has 130 valence electrons.